The summed E-state index contributed by atoms with van der Waals surface area (Å²) in [7, 11) is 1.39. The van der Waals surface area contributed by atoms with Gasteiger partial charge in [0, 0.05) is 25.3 Å². The Bertz CT molecular complexity index is 1480. The van der Waals surface area contributed by atoms with E-state index in [0.717, 1.165) is 10.9 Å². The van der Waals surface area contributed by atoms with Gasteiger partial charge in [0.25, 0.3) is 5.95 Å². The van der Waals surface area contributed by atoms with Gasteiger partial charge >= 0.3 is 24.5 Å². The third-order valence-corrected chi connectivity index (χ3v) is 7.33. The van der Waals surface area contributed by atoms with Crippen LogP contribution in [-0.4, -0.2) is 44.4 Å². The molecule has 3 aromatic rings. The molecule has 0 saturated carbocycles. The van der Waals surface area contributed by atoms with Crippen molar-refractivity contribution in [3.05, 3.63) is 63.7 Å². The second-order valence-electron chi connectivity index (χ2n) is 10.7. The Hall–Kier alpha value is -4.05. The third kappa shape index (κ3) is 7.18. The summed E-state index contributed by atoms with van der Waals surface area (Å²) in [5.41, 5.74) is -4.33. The molecule has 2 atom stereocenters. The number of halogens is 9. The molecule has 44 heavy (non-hydrogen) atoms. The van der Waals surface area contributed by atoms with Crippen LogP contribution in [0.5, 0.6) is 0 Å². The zero-order chi connectivity index (χ0) is 32.8. The minimum absolute atomic E-state index is 0.00111. The van der Waals surface area contributed by atoms with Crippen molar-refractivity contribution in [2.45, 2.75) is 57.8 Å². The quantitative estimate of drug-likeness (QED) is 0.290. The normalized spacial score (nSPS) is 16.8. The first-order chi connectivity index (χ1) is 20.3. The number of fused-ring (bicyclic) bond motifs is 1. The van der Waals surface area contributed by atoms with Gasteiger partial charge in [-0.2, -0.15) is 44.3 Å². The van der Waals surface area contributed by atoms with E-state index in [1.54, 1.807) is 0 Å². The highest BCUT2D eigenvalue weighted by Crippen LogP contribution is 2.44. The number of hydrogen-bond donors (Lipinski definition) is 1. The van der Waals surface area contributed by atoms with Crippen LogP contribution in [0.2, 0.25) is 0 Å². The lowest BCUT2D eigenvalue weighted by Gasteiger charge is -2.33. The highest BCUT2D eigenvalue weighted by molar-refractivity contribution is 5.71. The number of carboxylic acids is 1. The number of aryl methyl sites for hydroxylation is 2. The van der Waals surface area contributed by atoms with E-state index in [0.29, 0.717) is 12.1 Å². The van der Waals surface area contributed by atoms with Crippen molar-refractivity contribution in [3.8, 4) is 0 Å². The van der Waals surface area contributed by atoms with Crippen molar-refractivity contribution in [3.63, 3.8) is 0 Å². The molecule has 8 nitrogen and oxygen atoms in total. The average molecular weight is 639 g/mol. The van der Waals surface area contributed by atoms with Crippen LogP contribution in [0.3, 0.4) is 0 Å². The molecule has 2 aromatic carbocycles. The van der Waals surface area contributed by atoms with Gasteiger partial charge in [0.1, 0.15) is 0 Å². The summed E-state index contributed by atoms with van der Waals surface area (Å²) >= 11 is 0. The summed E-state index contributed by atoms with van der Waals surface area (Å²) in [6.45, 7) is 2.01. The lowest BCUT2D eigenvalue weighted by molar-refractivity contribution is -0.143. The van der Waals surface area contributed by atoms with Crippen molar-refractivity contribution in [1.82, 2.24) is 20.2 Å². The number of carbonyl (C=O) groups is 1. The zero-order valence-corrected chi connectivity index (χ0v) is 23.5. The molecule has 0 fully saturated rings. The summed E-state index contributed by atoms with van der Waals surface area (Å²) in [5.74, 6) is -2.33. The van der Waals surface area contributed by atoms with Gasteiger partial charge < -0.3 is 14.9 Å². The number of anilines is 2. The molecule has 1 N–H and O–H groups in total. The molecule has 240 valence electrons. The molecule has 1 aliphatic rings. The molecule has 0 amide bonds. The molecule has 2 unspecified atom stereocenters. The van der Waals surface area contributed by atoms with Gasteiger partial charge in [-0.15, -0.1) is 5.10 Å². The van der Waals surface area contributed by atoms with Crippen LogP contribution in [0.4, 0.5) is 51.1 Å². The van der Waals surface area contributed by atoms with Gasteiger partial charge in [-0.3, -0.25) is 4.79 Å². The Morgan fingerprint density at radius 3 is 2.11 bits per heavy atom. The molecule has 1 aliphatic heterocycles. The molecular formula is C27H27F9N6O2. The van der Waals surface area contributed by atoms with Gasteiger partial charge in [0.05, 0.1) is 35.7 Å². The van der Waals surface area contributed by atoms with E-state index < -0.39 is 65.3 Å². The molecule has 2 heterocycles. The van der Waals surface area contributed by atoms with Gasteiger partial charge in [-0.05, 0) is 65.9 Å². The SMILES string of the molecule is Cc1cc2c(cc1C(F)(F)F)N(CC(C)C(=O)O)CCCC2N(Cc1cc(C(F)(F)F)cc(C(F)(F)F)c1)c1nnn(C)n1. The number of rotatable bonds is 7. The number of aromatic nitrogens is 4. The Morgan fingerprint density at radius 2 is 1.61 bits per heavy atom. The van der Waals surface area contributed by atoms with Gasteiger partial charge in [-0.1, -0.05) is 18.1 Å². The number of carboxylic acid groups (broad SMARTS) is 1. The van der Waals surface area contributed by atoms with E-state index in [9.17, 15) is 49.4 Å². The fourth-order valence-electron chi connectivity index (χ4n) is 5.26. The molecule has 1 aromatic heterocycles. The van der Waals surface area contributed by atoms with E-state index in [-0.39, 0.29) is 54.8 Å². The second kappa shape index (κ2) is 11.8. The van der Waals surface area contributed by atoms with Crippen molar-refractivity contribution in [1.29, 1.82) is 0 Å². The van der Waals surface area contributed by atoms with E-state index in [1.807, 2.05) is 0 Å². The minimum Gasteiger partial charge on any atom is -0.481 e. The first kappa shape index (κ1) is 32.9. The van der Waals surface area contributed by atoms with Crippen LogP contribution in [-0.2, 0) is 36.9 Å². The summed E-state index contributed by atoms with van der Waals surface area (Å²) in [5, 5.41) is 21.2. The summed E-state index contributed by atoms with van der Waals surface area (Å²) in [4.78, 5) is 15.4. The molecule has 4 rings (SSSR count). The minimum atomic E-state index is -5.10. The molecule has 0 saturated heterocycles. The number of nitrogens with zero attached hydrogens (tertiary/aromatic N) is 6. The van der Waals surface area contributed by atoms with Crippen molar-refractivity contribution < 1.29 is 49.4 Å². The predicted molar refractivity (Wildman–Crippen MR) is 139 cm³/mol. The number of hydrogen-bond acceptors (Lipinski definition) is 6. The zero-order valence-electron chi connectivity index (χ0n) is 23.5. The van der Waals surface area contributed by atoms with Crippen molar-refractivity contribution >= 4 is 17.6 Å². The fourth-order valence-corrected chi connectivity index (χ4v) is 5.26. The monoisotopic (exact) mass is 638 g/mol. The maximum Gasteiger partial charge on any atom is 0.416 e. The summed E-state index contributed by atoms with van der Waals surface area (Å²) in [6, 6.07) is 2.34. The molecule has 0 bridgehead atoms. The van der Waals surface area contributed by atoms with Crippen molar-refractivity contribution in [2.75, 3.05) is 22.9 Å². The Morgan fingerprint density at radius 1 is 1.00 bits per heavy atom. The number of alkyl halides is 9. The molecule has 0 spiro atoms. The van der Waals surface area contributed by atoms with Crippen LogP contribution >= 0.6 is 0 Å². The molecule has 0 aliphatic carbocycles. The molecular weight excluding hydrogens is 611 g/mol. The maximum atomic E-state index is 14.0. The maximum absolute atomic E-state index is 14.0. The summed E-state index contributed by atoms with van der Waals surface area (Å²) in [6.07, 6.45) is -14.5. The largest absolute Gasteiger partial charge is 0.481 e. The predicted octanol–water partition coefficient (Wildman–Crippen LogP) is 6.64. The molecule has 0 radical (unpaired) electrons. The standard InChI is InChI=1S/C27H27F9N6O2/c1-14-7-19-21(5-4-6-41(12-15(2)23(43)44)22(19)11-20(14)27(34,35)36)42(24-37-39-40(3)38-24)13-16-8-17(25(28,29)30)10-18(9-16)26(31,32)33/h7-11,15,21H,4-6,12-13H2,1-3H3,(H,43,44). The highest BCUT2D eigenvalue weighted by atomic mass is 19.4. The number of tetrazole rings is 1. The molecule has 17 heteroatoms. The number of benzene rings is 2. The van der Waals surface area contributed by atoms with Crippen LogP contribution in [0.1, 0.15) is 59.2 Å². The first-order valence-corrected chi connectivity index (χ1v) is 13.2. The number of aliphatic carboxylic acids is 1. The summed E-state index contributed by atoms with van der Waals surface area (Å²) < 4.78 is 124. The van der Waals surface area contributed by atoms with Gasteiger partial charge in [0.15, 0.2) is 0 Å². The highest BCUT2D eigenvalue weighted by Gasteiger charge is 2.39. The van der Waals surface area contributed by atoms with Crippen LogP contribution in [0.25, 0.3) is 0 Å². The van der Waals surface area contributed by atoms with Crippen molar-refractivity contribution in [2.24, 2.45) is 13.0 Å². The Labute approximate surface area is 245 Å². The lowest BCUT2D eigenvalue weighted by Crippen LogP contribution is -2.33. The van der Waals surface area contributed by atoms with Crippen LogP contribution in [0, 0.1) is 12.8 Å². The van der Waals surface area contributed by atoms with E-state index in [4.69, 9.17) is 0 Å². The Kier molecular flexibility index (Phi) is 8.81. The smallest absolute Gasteiger partial charge is 0.416 e. The third-order valence-electron chi connectivity index (χ3n) is 7.33. The van der Waals surface area contributed by atoms with Gasteiger partial charge in [0.2, 0.25) is 0 Å². The second-order valence-corrected chi connectivity index (χ2v) is 10.7. The van der Waals surface area contributed by atoms with Gasteiger partial charge in [-0.25, -0.2) is 0 Å². The van der Waals surface area contributed by atoms with E-state index in [1.165, 1.54) is 36.8 Å². The lowest BCUT2D eigenvalue weighted by atomic mass is 9.94. The Balaban J connectivity index is 1.91. The topological polar surface area (TPSA) is 87.4 Å². The fraction of sp³-hybridized carbons (Fsp3) is 0.481. The average Bonchev–Trinajstić information content (AvgIpc) is 3.25. The van der Waals surface area contributed by atoms with Crippen LogP contribution < -0.4 is 9.80 Å². The first-order valence-electron chi connectivity index (χ1n) is 13.2. The van der Waals surface area contributed by atoms with Crippen LogP contribution in [0.15, 0.2) is 30.3 Å². The van der Waals surface area contributed by atoms with E-state index in [2.05, 4.69) is 15.4 Å². The van der Waals surface area contributed by atoms with E-state index >= 15 is 0 Å².